The van der Waals surface area contributed by atoms with Gasteiger partial charge in [-0.2, -0.15) is 0 Å². The third-order valence-corrected chi connectivity index (χ3v) is 23.5. The maximum atomic E-state index is 15.7. The summed E-state index contributed by atoms with van der Waals surface area (Å²) in [4.78, 5) is 279. The van der Waals surface area contributed by atoms with Gasteiger partial charge in [0.25, 0.3) is 0 Å². The van der Waals surface area contributed by atoms with E-state index >= 15 is 28.8 Å². The Labute approximate surface area is 798 Å². The van der Waals surface area contributed by atoms with Crippen molar-refractivity contribution >= 4 is 139 Å². The minimum absolute atomic E-state index is 0.115. The number of primary amides is 2. The Bertz CT molecular complexity index is 6230. The highest BCUT2D eigenvalue weighted by atomic mass is 16.7. The predicted molar refractivity (Wildman–Crippen MR) is 500 cm³/mol. The molecule has 44 nitrogen and oxygen atoms in total. The Kier molecular flexibility index (Phi) is 35.0. The van der Waals surface area contributed by atoms with Crippen LogP contribution in [0, 0.1) is 0 Å². The number of aromatic nitrogens is 4. The van der Waals surface area contributed by atoms with Crippen molar-refractivity contribution in [2.45, 2.75) is 176 Å². The number of para-hydroxylation sites is 2. The van der Waals surface area contributed by atoms with Gasteiger partial charge >= 0.3 is 11.9 Å². The summed E-state index contributed by atoms with van der Waals surface area (Å²) in [5.41, 5.74) is 17.3. The van der Waals surface area contributed by atoms with E-state index < -0.39 is 243 Å². The monoisotopic (exact) mass is 1920 g/mol. The van der Waals surface area contributed by atoms with Gasteiger partial charge in [-0.05, 0) is 107 Å². The first kappa shape index (κ1) is 102. The number of aliphatic hydroxyl groups excluding tert-OH is 1. The molecule has 2 fully saturated rings. The van der Waals surface area contributed by atoms with Crippen molar-refractivity contribution in [1.82, 2.24) is 99.4 Å². The SMILES string of the molecule is CC1NC(=O)C(C(C)O)NC(=O)CNC(=O)C(Cc2cnc[nH]2)NC(=O)C(Cc2c[nH]c3ccccc23)NC(=O)C(CC(N)=O)NC(=O)CNOC(=O)CC(C(=O)NC(Cc2c[nH]c3ccccc23)C(=O)NC(Cc2ccccc2)C(=O)NC(CC(N)=O)C(=O)NC(Cc2ccc(O)cc2)C(=O)NC(Cc2ccc(O)cc2)C(=O)NC(Cc2ccc3ccccc3c2)C(=O)O)NC(=O)C2CCCN2C1=O. The van der Waals surface area contributed by atoms with Crippen molar-refractivity contribution in [3.8, 4) is 11.5 Å². The number of hydroxylamine groups is 1. The number of aliphatic hydroxyl groups is 1. The highest BCUT2D eigenvalue weighted by molar-refractivity contribution is 6.03. The van der Waals surface area contributed by atoms with Crippen LogP contribution in [0.5, 0.6) is 11.5 Å². The number of carbonyl (C=O) groups excluding carboxylic acids is 17. The van der Waals surface area contributed by atoms with E-state index in [-0.39, 0.29) is 56.6 Å². The number of aromatic hydroxyl groups is 2. The largest absolute Gasteiger partial charge is 0.508 e. The summed E-state index contributed by atoms with van der Waals surface area (Å²) in [6.07, 6.45) is -1.64. The van der Waals surface area contributed by atoms with E-state index in [9.17, 15) is 78.0 Å². The first-order valence-electron chi connectivity index (χ1n) is 44.8. The Balaban J connectivity index is 0.822. The molecule has 16 amide bonds. The molecule has 734 valence electrons. The third kappa shape index (κ3) is 28.6. The number of phenolic OH excluding ortho intramolecular Hbond substituents is 2. The van der Waals surface area contributed by atoms with Crippen LogP contribution in [-0.4, -0.2) is 256 Å². The second-order valence-corrected chi connectivity index (χ2v) is 34.0. The van der Waals surface area contributed by atoms with E-state index in [4.69, 9.17) is 16.3 Å². The van der Waals surface area contributed by atoms with Crippen LogP contribution in [0.3, 0.4) is 0 Å². The number of fused-ring (bicyclic) bond motifs is 4. The summed E-state index contributed by atoms with van der Waals surface area (Å²) in [6.45, 7) is 0.261. The molecule has 12 rings (SSSR count). The van der Waals surface area contributed by atoms with Gasteiger partial charge in [-0.1, -0.05) is 133 Å². The van der Waals surface area contributed by atoms with E-state index in [2.05, 4.69) is 94.5 Å². The normalized spacial score (nSPS) is 19.4. The van der Waals surface area contributed by atoms with Gasteiger partial charge in [-0.25, -0.2) is 9.78 Å². The van der Waals surface area contributed by atoms with Gasteiger partial charge in [0, 0.05) is 97.6 Å². The second kappa shape index (κ2) is 48.0. The first-order chi connectivity index (χ1) is 67.0. The zero-order valence-electron chi connectivity index (χ0n) is 75.8. The maximum absolute atomic E-state index is 15.7. The van der Waals surface area contributed by atoms with E-state index in [0.717, 1.165) is 22.6 Å². The number of H-pyrrole nitrogens is 3. The number of amides is 16. The smallest absolute Gasteiger partial charge is 0.327 e. The molecule has 3 aromatic heterocycles. The lowest BCUT2D eigenvalue weighted by atomic mass is 9.99. The Hall–Kier alpha value is -16.9. The molecule has 2 aliphatic heterocycles. The average molecular weight is 1920 g/mol. The molecule has 7 aromatic carbocycles. The third-order valence-electron chi connectivity index (χ3n) is 23.5. The maximum Gasteiger partial charge on any atom is 0.327 e. The van der Waals surface area contributed by atoms with Crippen LogP contribution in [-0.2, 0) is 136 Å². The molecule has 2 aliphatic rings. The van der Waals surface area contributed by atoms with Crippen molar-refractivity contribution < 1.29 is 112 Å². The highest BCUT2D eigenvalue weighted by Gasteiger charge is 2.43. The number of nitrogens with one attached hydrogen (secondary N) is 17. The fraction of sp³-hybridized carbons (Fsp3) is 0.323. The Morgan fingerprint density at radius 2 is 1.00 bits per heavy atom. The lowest BCUT2D eigenvalue weighted by molar-refractivity contribution is -0.154. The first-order valence-corrected chi connectivity index (χ1v) is 44.8. The number of nitrogens with two attached hydrogens (primary N) is 2. The van der Waals surface area contributed by atoms with Crippen LogP contribution in [0.15, 0.2) is 195 Å². The highest BCUT2D eigenvalue weighted by Crippen LogP contribution is 2.26. The summed E-state index contributed by atoms with van der Waals surface area (Å²) in [7, 11) is 0. The number of aliphatic carboxylic acids is 1. The van der Waals surface area contributed by atoms with Crippen molar-refractivity contribution in [3.05, 3.63) is 234 Å². The molecule has 14 atom stereocenters. The van der Waals surface area contributed by atoms with E-state index in [1.807, 2.05) is 18.2 Å². The fourth-order valence-electron chi connectivity index (χ4n) is 16.2. The lowest BCUT2D eigenvalue weighted by Gasteiger charge is -2.30. The van der Waals surface area contributed by atoms with Gasteiger partial charge < -0.3 is 126 Å². The standard InChI is InChI=1S/C96H107N21O23/c1-50-95(137)117-32-12-21-77(117)93(135)114-75(43-82(125)140-104-48-81(124)106-73(41-78(97)121)90(132)110-71(39-59-45-101-66-20-11-9-18-64(59)66)89(131)112-72(40-60-46-99-49-103-60)84(126)102-47-80(123)116-83(51(2)118)94(136)105-50)92(134)111-70(38-58-44-100-65-19-10-8-17-63(58)65)88(130)108-67(34-52-13-4-3-5-14-52)86(128)113-74(42-79(98)122)91(133)109-68(35-53-23-28-61(119)29-24-53)85(127)107-69(36-54-25-30-62(120)31-26-54)87(129)115-76(96(138)139)37-55-22-27-56-15-6-7-16-57(56)33-55/h3-11,13-20,22-31,33,44-46,49-51,67-77,83,100-101,104,118-120H,12,21,32,34-43,47-48H2,1-2H3,(H2,97,121)(H2,98,122)(H,99,103)(H,102,126)(H,105,136)(H,106,124)(H,107,127)(H,108,130)(H,109,133)(H,110,132)(H,111,134)(H,112,131)(H,113,128)(H,114,135)(H,115,129)(H,116,123)(H,138,139). The number of carbonyl (C=O) groups is 18. The topological polar surface area (TPSA) is 681 Å². The quantitative estimate of drug-likeness (QED) is 0.0208. The molecule has 0 spiro atoms. The van der Waals surface area contributed by atoms with Crippen LogP contribution in [0.25, 0.3) is 32.6 Å². The molecule has 0 saturated carbocycles. The summed E-state index contributed by atoms with van der Waals surface area (Å²) in [5.74, 6) is -21.2. The number of hydrogen-bond donors (Lipinski definition) is 23. The average Bonchev–Trinajstić information content (AvgIpc) is 1.73. The molecule has 140 heavy (non-hydrogen) atoms. The van der Waals surface area contributed by atoms with Gasteiger partial charge in [0.15, 0.2) is 0 Å². The molecule has 5 heterocycles. The molecule has 10 aromatic rings. The van der Waals surface area contributed by atoms with Crippen LogP contribution in [0.4, 0.5) is 0 Å². The number of carboxylic acid groups (broad SMARTS) is 1. The number of benzene rings is 7. The fourth-order valence-corrected chi connectivity index (χ4v) is 16.2. The van der Waals surface area contributed by atoms with E-state index in [1.54, 1.807) is 109 Å². The van der Waals surface area contributed by atoms with Crippen LogP contribution >= 0.6 is 0 Å². The number of rotatable bonds is 32. The van der Waals surface area contributed by atoms with Gasteiger partial charge in [-0.3, -0.25) is 81.5 Å². The number of carboxylic acids is 1. The van der Waals surface area contributed by atoms with Crippen molar-refractivity contribution in [2.75, 3.05) is 19.6 Å². The summed E-state index contributed by atoms with van der Waals surface area (Å²) in [5, 5.41) is 77.2. The summed E-state index contributed by atoms with van der Waals surface area (Å²) in [6, 6.07) is 22.1. The number of nitrogens with zero attached hydrogens (tertiary/aromatic N) is 2. The second-order valence-electron chi connectivity index (χ2n) is 34.0. The number of aromatic amines is 3. The molecule has 0 bridgehead atoms. The summed E-state index contributed by atoms with van der Waals surface area (Å²) >= 11 is 0. The number of phenols is 2. The molecule has 44 heteroatoms. The van der Waals surface area contributed by atoms with Crippen LogP contribution in [0.1, 0.15) is 85.0 Å². The zero-order chi connectivity index (χ0) is 100. The molecular formula is C96H107N21O23. The molecule has 14 unspecified atom stereocenters. The molecule has 0 aliphatic carbocycles. The minimum Gasteiger partial charge on any atom is -0.508 e. The number of hydrogen-bond acceptors (Lipinski definition) is 24. The predicted octanol–water partition coefficient (Wildman–Crippen LogP) is -2.45. The van der Waals surface area contributed by atoms with Crippen LogP contribution < -0.4 is 86.1 Å². The van der Waals surface area contributed by atoms with Crippen molar-refractivity contribution in [1.29, 1.82) is 0 Å². The Morgan fingerprint density at radius 3 is 1.58 bits per heavy atom. The van der Waals surface area contributed by atoms with Gasteiger partial charge in [-0.15, -0.1) is 5.48 Å². The number of imidazole rings is 1. The molecule has 25 N–H and O–H groups in total. The van der Waals surface area contributed by atoms with Crippen LogP contribution in [0.2, 0.25) is 0 Å². The lowest BCUT2D eigenvalue weighted by Crippen LogP contribution is -2.61. The zero-order valence-corrected chi connectivity index (χ0v) is 75.8. The van der Waals surface area contributed by atoms with E-state index in [1.165, 1.54) is 74.2 Å². The molecule has 2 saturated heterocycles. The Morgan fingerprint density at radius 1 is 0.493 bits per heavy atom. The van der Waals surface area contributed by atoms with Crippen molar-refractivity contribution in [3.63, 3.8) is 0 Å². The van der Waals surface area contributed by atoms with Gasteiger partial charge in [0.05, 0.1) is 38.2 Å². The van der Waals surface area contributed by atoms with E-state index in [0.29, 0.717) is 60.9 Å². The molecule has 0 radical (unpaired) electrons. The van der Waals surface area contributed by atoms with Gasteiger partial charge in [0.2, 0.25) is 94.5 Å². The minimum atomic E-state index is -2.15. The van der Waals surface area contributed by atoms with Crippen molar-refractivity contribution in [2.24, 2.45) is 11.5 Å². The summed E-state index contributed by atoms with van der Waals surface area (Å²) < 4.78 is 0. The molecular weight excluding hydrogens is 1820 g/mol. The van der Waals surface area contributed by atoms with Gasteiger partial charge in [0.1, 0.15) is 96.6 Å².